The van der Waals surface area contributed by atoms with Gasteiger partial charge in [0.25, 0.3) is 0 Å². The minimum Gasteiger partial charge on any atom is -0.494 e. The van der Waals surface area contributed by atoms with Gasteiger partial charge in [-0.3, -0.25) is 0 Å². The molecule has 0 unspecified atom stereocenters. The van der Waals surface area contributed by atoms with E-state index in [4.69, 9.17) is 4.74 Å². The number of anilines is 4. The maximum Gasteiger partial charge on any atom is 0.229 e. The molecule has 0 bridgehead atoms. The molecular formula is C18H17BrN4O. The van der Waals surface area contributed by atoms with Gasteiger partial charge in [-0.05, 0) is 61.5 Å². The molecular weight excluding hydrogens is 368 g/mol. The predicted octanol–water partition coefficient (Wildman–Crippen LogP) is 5.13. The summed E-state index contributed by atoms with van der Waals surface area (Å²) in [7, 11) is 0. The van der Waals surface area contributed by atoms with E-state index in [1.807, 2.05) is 61.5 Å². The fraction of sp³-hybridized carbons (Fsp3) is 0.111. The summed E-state index contributed by atoms with van der Waals surface area (Å²) < 4.78 is 6.47. The van der Waals surface area contributed by atoms with Crippen molar-refractivity contribution in [2.75, 3.05) is 17.2 Å². The molecule has 0 atom stereocenters. The summed E-state index contributed by atoms with van der Waals surface area (Å²) in [4.78, 5) is 8.72. The lowest BCUT2D eigenvalue weighted by molar-refractivity contribution is 0.340. The van der Waals surface area contributed by atoms with Crippen molar-refractivity contribution in [1.82, 2.24) is 9.97 Å². The number of nitrogens with zero attached hydrogens (tertiary/aromatic N) is 2. The normalized spacial score (nSPS) is 10.2. The van der Waals surface area contributed by atoms with E-state index in [-0.39, 0.29) is 0 Å². The molecule has 0 fully saturated rings. The molecule has 24 heavy (non-hydrogen) atoms. The minimum atomic E-state index is 0.529. The molecule has 122 valence electrons. The van der Waals surface area contributed by atoms with E-state index >= 15 is 0 Å². The van der Waals surface area contributed by atoms with Crippen molar-refractivity contribution in [3.63, 3.8) is 0 Å². The molecule has 2 aromatic carbocycles. The number of hydrogen-bond donors (Lipinski definition) is 2. The molecule has 0 saturated carbocycles. The number of aromatic nitrogens is 2. The molecule has 5 nitrogen and oxygen atoms in total. The molecule has 0 aliphatic rings. The molecule has 1 aromatic heterocycles. The summed E-state index contributed by atoms with van der Waals surface area (Å²) >= 11 is 3.42. The van der Waals surface area contributed by atoms with Crippen LogP contribution in [0.15, 0.2) is 65.3 Å². The average molecular weight is 385 g/mol. The monoisotopic (exact) mass is 384 g/mol. The number of benzene rings is 2. The van der Waals surface area contributed by atoms with E-state index in [0.29, 0.717) is 12.6 Å². The van der Waals surface area contributed by atoms with Gasteiger partial charge in [0.15, 0.2) is 0 Å². The smallest absolute Gasteiger partial charge is 0.229 e. The Labute approximate surface area is 149 Å². The van der Waals surface area contributed by atoms with Crippen LogP contribution in [-0.2, 0) is 0 Å². The first-order valence-electron chi connectivity index (χ1n) is 7.58. The maximum absolute atomic E-state index is 5.43. The molecule has 0 aliphatic heterocycles. The number of halogens is 1. The van der Waals surface area contributed by atoms with Gasteiger partial charge in [-0.25, -0.2) is 4.98 Å². The lowest BCUT2D eigenvalue weighted by Crippen LogP contribution is -2.00. The average Bonchev–Trinajstić information content (AvgIpc) is 2.59. The largest absolute Gasteiger partial charge is 0.494 e. The fourth-order valence-electron chi connectivity index (χ4n) is 2.10. The van der Waals surface area contributed by atoms with Crippen molar-refractivity contribution in [3.05, 3.63) is 65.3 Å². The molecule has 3 rings (SSSR count). The highest BCUT2D eigenvalue weighted by atomic mass is 79.9. The van der Waals surface area contributed by atoms with Gasteiger partial charge in [0, 0.05) is 22.0 Å². The van der Waals surface area contributed by atoms with Gasteiger partial charge in [0.2, 0.25) is 5.95 Å². The highest BCUT2D eigenvalue weighted by Gasteiger charge is 2.02. The fourth-order valence-corrected chi connectivity index (χ4v) is 2.36. The summed E-state index contributed by atoms with van der Waals surface area (Å²) in [5.74, 6) is 2.09. The van der Waals surface area contributed by atoms with Gasteiger partial charge >= 0.3 is 0 Å². The summed E-state index contributed by atoms with van der Waals surface area (Å²) in [5, 5.41) is 6.43. The first-order valence-corrected chi connectivity index (χ1v) is 8.38. The first kappa shape index (κ1) is 16.3. The van der Waals surface area contributed by atoms with Crippen molar-refractivity contribution in [2.45, 2.75) is 6.92 Å². The van der Waals surface area contributed by atoms with Gasteiger partial charge < -0.3 is 15.4 Å². The van der Waals surface area contributed by atoms with Gasteiger partial charge in [0.05, 0.1) is 6.61 Å². The first-order chi connectivity index (χ1) is 11.7. The summed E-state index contributed by atoms with van der Waals surface area (Å²) in [6.07, 6.45) is 1.71. The molecule has 0 spiro atoms. The Bertz CT molecular complexity index is 791. The van der Waals surface area contributed by atoms with Crippen LogP contribution in [0.3, 0.4) is 0 Å². The Morgan fingerprint density at radius 3 is 2.29 bits per heavy atom. The third-order valence-electron chi connectivity index (χ3n) is 3.19. The zero-order valence-electron chi connectivity index (χ0n) is 13.2. The molecule has 0 saturated heterocycles. The van der Waals surface area contributed by atoms with Gasteiger partial charge in [0.1, 0.15) is 11.6 Å². The van der Waals surface area contributed by atoms with Crippen LogP contribution >= 0.6 is 15.9 Å². The van der Waals surface area contributed by atoms with Crippen LogP contribution in [0, 0.1) is 0 Å². The molecule has 0 radical (unpaired) electrons. The Kier molecular flexibility index (Phi) is 5.28. The predicted molar refractivity (Wildman–Crippen MR) is 100 cm³/mol. The SMILES string of the molecule is CCOc1ccc(Nc2nccc(Nc3ccc(Br)cc3)n2)cc1. The van der Waals surface area contributed by atoms with Crippen LogP contribution < -0.4 is 15.4 Å². The second kappa shape index (κ2) is 7.79. The molecule has 6 heteroatoms. The molecule has 0 amide bonds. The van der Waals surface area contributed by atoms with Crippen LogP contribution in [0.2, 0.25) is 0 Å². The second-order valence-electron chi connectivity index (χ2n) is 4.98. The zero-order chi connectivity index (χ0) is 16.8. The lowest BCUT2D eigenvalue weighted by Gasteiger charge is -2.09. The lowest BCUT2D eigenvalue weighted by atomic mass is 10.3. The second-order valence-corrected chi connectivity index (χ2v) is 5.90. The maximum atomic E-state index is 5.43. The van der Waals surface area contributed by atoms with E-state index in [0.717, 1.165) is 27.4 Å². The third-order valence-corrected chi connectivity index (χ3v) is 3.72. The van der Waals surface area contributed by atoms with Crippen LogP contribution in [0.1, 0.15) is 6.92 Å². The van der Waals surface area contributed by atoms with Crippen molar-refractivity contribution in [2.24, 2.45) is 0 Å². The van der Waals surface area contributed by atoms with Crippen molar-refractivity contribution < 1.29 is 4.74 Å². The van der Waals surface area contributed by atoms with Crippen LogP contribution in [-0.4, -0.2) is 16.6 Å². The highest BCUT2D eigenvalue weighted by molar-refractivity contribution is 9.10. The minimum absolute atomic E-state index is 0.529. The summed E-state index contributed by atoms with van der Waals surface area (Å²) in [6.45, 7) is 2.61. The summed E-state index contributed by atoms with van der Waals surface area (Å²) in [5.41, 5.74) is 1.86. The van der Waals surface area contributed by atoms with Gasteiger partial charge in [-0.1, -0.05) is 15.9 Å². The van der Waals surface area contributed by atoms with Gasteiger partial charge in [-0.2, -0.15) is 4.98 Å². The molecule has 2 N–H and O–H groups in total. The van der Waals surface area contributed by atoms with Crippen LogP contribution in [0.5, 0.6) is 5.75 Å². The quantitative estimate of drug-likeness (QED) is 0.617. The van der Waals surface area contributed by atoms with Crippen molar-refractivity contribution in [3.8, 4) is 5.75 Å². The van der Waals surface area contributed by atoms with E-state index in [9.17, 15) is 0 Å². The van der Waals surface area contributed by atoms with E-state index in [1.165, 1.54) is 0 Å². The van der Waals surface area contributed by atoms with Crippen molar-refractivity contribution >= 4 is 39.1 Å². The Hall–Kier alpha value is -2.60. The van der Waals surface area contributed by atoms with E-state index in [2.05, 4.69) is 36.5 Å². The van der Waals surface area contributed by atoms with E-state index < -0.39 is 0 Å². The van der Waals surface area contributed by atoms with Crippen molar-refractivity contribution in [1.29, 1.82) is 0 Å². The Morgan fingerprint density at radius 2 is 1.58 bits per heavy atom. The standard InChI is InChI=1S/C18H17BrN4O/c1-2-24-16-9-7-15(8-10-16)22-18-20-12-11-17(23-18)21-14-5-3-13(19)4-6-14/h3-12H,2H2,1H3,(H2,20,21,22,23). The van der Waals surface area contributed by atoms with Crippen LogP contribution in [0.4, 0.5) is 23.1 Å². The topological polar surface area (TPSA) is 59.1 Å². The number of hydrogen-bond acceptors (Lipinski definition) is 5. The third kappa shape index (κ3) is 4.45. The number of nitrogens with one attached hydrogen (secondary N) is 2. The molecule has 1 heterocycles. The molecule has 0 aliphatic carbocycles. The number of rotatable bonds is 6. The van der Waals surface area contributed by atoms with Crippen LogP contribution in [0.25, 0.3) is 0 Å². The number of ether oxygens (including phenoxy) is 1. The summed E-state index contributed by atoms with van der Waals surface area (Å²) in [6, 6.07) is 17.4. The Morgan fingerprint density at radius 1 is 0.917 bits per heavy atom. The van der Waals surface area contributed by atoms with Gasteiger partial charge in [-0.15, -0.1) is 0 Å². The Balaban J connectivity index is 1.69. The molecule has 3 aromatic rings. The zero-order valence-corrected chi connectivity index (χ0v) is 14.7. The highest BCUT2D eigenvalue weighted by Crippen LogP contribution is 2.21. The van der Waals surface area contributed by atoms with E-state index in [1.54, 1.807) is 6.20 Å².